The van der Waals surface area contributed by atoms with Gasteiger partial charge >= 0.3 is 50.7 Å². The van der Waals surface area contributed by atoms with Crippen LogP contribution in [0.4, 0.5) is 0 Å². The molecule has 0 rings (SSSR count). The molecule has 0 amide bonds. The van der Waals surface area contributed by atoms with Gasteiger partial charge in [-0.1, -0.05) is 19.3 Å². The Morgan fingerprint density at radius 3 is 2.21 bits per heavy atom. The Morgan fingerprint density at radius 2 is 1.79 bits per heavy atom. The minimum atomic E-state index is -0.723. The minimum absolute atomic E-state index is 0. The molecule has 6 heteroatoms. The second-order valence-corrected chi connectivity index (χ2v) is 3.83. The summed E-state index contributed by atoms with van der Waals surface area (Å²) in [4.78, 5) is 10.1. The molecule has 0 aliphatic heterocycles. The van der Waals surface area contributed by atoms with E-state index < -0.39 is 5.97 Å². The van der Waals surface area contributed by atoms with Gasteiger partial charge in [-0.15, -0.1) is 0 Å². The predicted octanol–water partition coefficient (Wildman–Crippen LogP) is 1.48. The normalized spacial score (nSPS) is 11.0. The summed E-state index contributed by atoms with van der Waals surface area (Å²) in [7, 11) is 0. The van der Waals surface area contributed by atoms with E-state index in [4.69, 9.17) is 30.4 Å². The Morgan fingerprint density at radius 1 is 1.21 bits per heavy atom. The Labute approximate surface area is 128 Å². The van der Waals surface area contributed by atoms with Gasteiger partial charge in [-0.2, -0.15) is 11.0 Å². The molecule has 0 aromatic heterocycles. The van der Waals surface area contributed by atoms with Crippen molar-refractivity contribution in [3.8, 4) is 0 Å². The smallest absolute Gasteiger partial charge is 0.793 e. The quantitative estimate of drug-likeness (QED) is 0.273. The van der Waals surface area contributed by atoms with E-state index in [2.05, 4.69) is 0 Å². The van der Waals surface area contributed by atoms with Gasteiger partial charge in [-0.05, 0) is 6.42 Å². The third-order valence-corrected chi connectivity index (χ3v) is 2.31. The maximum atomic E-state index is 10.1. The molecule has 0 heterocycles. The number of carbonyl (C=O) groups is 1. The molecule has 0 aromatic carbocycles. The Bertz CT molecular complexity index is 137. The van der Waals surface area contributed by atoms with Crippen molar-refractivity contribution in [2.24, 2.45) is 0 Å². The van der Waals surface area contributed by atoms with E-state index in [1.54, 1.807) is 0 Å². The first-order valence-electron chi connectivity index (χ1n) is 4.12. The van der Waals surface area contributed by atoms with E-state index in [1.165, 1.54) is 0 Å². The van der Waals surface area contributed by atoms with Gasteiger partial charge in [0.1, 0.15) is 0 Å². The first-order chi connectivity index (χ1) is 5.66. The fraction of sp³-hybridized carbons (Fsp3) is 0.875. The van der Waals surface area contributed by atoms with Crippen LogP contribution in [0, 0.1) is 0 Å². The molecule has 0 aliphatic carbocycles. The third-order valence-electron chi connectivity index (χ3n) is 1.61. The molecule has 1 N–H and O–H groups in total. The molecular formula is C8H14Au2O2S2. The average Bonchev–Trinajstić information content (AvgIpc) is 1.98. The summed E-state index contributed by atoms with van der Waals surface area (Å²) in [6, 6.07) is 0. The summed E-state index contributed by atoms with van der Waals surface area (Å²) in [6.45, 7) is 0. The molecule has 14 heavy (non-hydrogen) atoms. The second-order valence-electron chi connectivity index (χ2n) is 2.75. The van der Waals surface area contributed by atoms with Crippen LogP contribution in [0.15, 0.2) is 0 Å². The van der Waals surface area contributed by atoms with Crippen molar-refractivity contribution >= 4 is 31.2 Å². The van der Waals surface area contributed by atoms with Crippen LogP contribution in [0.2, 0.25) is 0 Å². The Kier molecular flexibility index (Phi) is 22.0. The topological polar surface area (TPSA) is 37.3 Å². The molecule has 2 nitrogen and oxygen atoms in total. The van der Waals surface area contributed by atoms with E-state index in [-0.39, 0.29) is 56.4 Å². The van der Waals surface area contributed by atoms with Gasteiger partial charge in [-0.25, -0.2) is 0 Å². The summed E-state index contributed by atoms with van der Waals surface area (Å²) >= 11 is 9.89. The maximum Gasteiger partial charge on any atom is 1.00 e. The van der Waals surface area contributed by atoms with Crippen LogP contribution >= 0.6 is 0 Å². The number of hydrogen-bond acceptors (Lipinski definition) is 3. The molecule has 1 atom stereocenters. The van der Waals surface area contributed by atoms with Crippen LogP contribution in [-0.2, 0) is 74.8 Å². The molecular weight excluding hydrogens is 586 g/mol. The van der Waals surface area contributed by atoms with Crippen LogP contribution in [0.1, 0.15) is 32.1 Å². The number of hydrogen-bond donors (Lipinski definition) is 1. The summed E-state index contributed by atoms with van der Waals surface area (Å²) < 4.78 is 0. The Balaban J connectivity index is -0.000000605. The van der Waals surface area contributed by atoms with Crippen molar-refractivity contribution in [1.82, 2.24) is 0 Å². The summed E-state index contributed by atoms with van der Waals surface area (Å²) in [5, 5.41) is 8.59. The van der Waals surface area contributed by atoms with Gasteiger partial charge in [-0.3, -0.25) is 4.79 Å². The predicted molar refractivity (Wildman–Crippen MR) is 54.1 cm³/mol. The molecule has 0 saturated carbocycles. The molecule has 92 valence electrons. The van der Waals surface area contributed by atoms with Crippen molar-refractivity contribution in [3.05, 3.63) is 0 Å². The zero-order valence-electron chi connectivity index (χ0n) is 7.59. The fourth-order valence-corrected chi connectivity index (χ4v) is 1.64. The van der Waals surface area contributed by atoms with Crippen LogP contribution < -0.4 is 0 Å². The summed E-state index contributed by atoms with van der Waals surface area (Å²) in [5.41, 5.74) is 0. The number of rotatable bonds is 7. The molecule has 0 bridgehead atoms. The van der Waals surface area contributed by atoms with Crippen LogP contribution in [-0.4, -0.2) is 22.1 Å². The van der Waals surface area contributed by atoms with Crippen molar-refractivity contribution in [1.29, 1.82) is 0 Å². The van der Waals surface area contributed by atoms with Crippen molar-refractivity contribution < 1.29 is 54.7 Å². The van der Waals surface area contributed by atoms with Gasteiger partial charge < -0.3 is 30.4 Å². The standard InChI is InChI=1S/C8H16O2S2.2Au/c9-8(10)4-2-1-3-7(12)5-6-11;;/h7,11-12H,1-6H2,(H,9,10);;/q;2*+1/p-2. The van der Waals surface area contributed by atoms with Gasteiger partial charge in [0.05, 0.1) is 0 Å². The molecule has 1 unspecified atom stereocenters. The van der Waals surface area contributed by atoms with Gasteiger partial charge in [0.25, 0.3) is 0 Å². The third kappa shape index (κ3) is 16.1. The SMILES string of the molecule is O=C(O)CCCCC([S-])CC[S-].[Au+].[Au+]. The molecule has 0 fully saturated rings. The molecule has 0 spiro atoms. The molecule has 0 radical (unpaired) electrons. The zero-order valence-corrected chi connectivity index (χ0v) is 13.6. The summed E-state index contributed by atoms with van der Waals surface area (Å²) in [5.74, 6) is -0.00760. The number of carboxylic acid groups (broad SMARTS) is 1. The van der Waals surface area contributed by atoms with Crippen molar-refractivity contribution in [2.75, 3.05) is 5.75 Å². The van der Waals surface area contributed by atoms with Crippen LogP contribution in [0.25, 0.3) is 0 Å². The van der Waals surface area contributed by atoms with Gasteiger partial charge in [0, 0.05) is 6.42 Å². The fourth-order valence-electron chi connectivity index (χ4n) is 0.924. The first kappa shape index (κ1) is 21.0. The van der Waals surface area contributed by atoms with Crippen LogP contribution in [0.3, 0.4) is 0 Å². The van der Waals surface area contributed by atoms with E-state index in [0.717, 1.165) is 25.7 Å². The zero-order chi connectivity index (χ0) is 9.40. The van der Waals surface area contributed by atoms with E-state index in [9.17, 15) is 4.79 Å². The van der Waals surface area contributed by atoms with Crippen LogP contribution in [0.5, 0.6) is 0 Å². The van der Waals surface area contributed by atoms with Crippen molar-refractivity contribution in [2.45, 2.75) is 37.4 Å². The minimum Gasteiger partial charge on any atom is -0.793 e. The van der Waals surface area contributed by atoms with E-state index in [1.807, 2.05) is 0 Å². The largest absolute Gasteiger partial charge is 1.00 e. The monoisotopic (exact) mass is 600 g/mol. The number of carboxylic acids is 1. The van der Waals surface area contributed by atoms with E-state index in [0.29, 0.717) is 5.75 Å². The number of unbranched alkanes of at least 4 members (excludes halogenated alkanes) is 1. The maximum absolute atomic E-state index is 10.1. The second kappa shape index (κ2) is 14.7. The Hall–Kier alpha value is 1.65. The summed E-state index contributed by atoms with van der Waals surface area (Å²) in [6.07, 6.45) is 3.74. The van der Waals surface area contributed by atoms with Gasteiger partial charge in [0.15, 0.2) is 0 Å². The van der Waals surface area contributed by atoms with Gasteiger partial charge in [0.2, 0.25) is 0 Å². The van der Waals surface area contributed by atoms with Crippen molar-refractivity contribution in [3.63, 3.8) is 0 Å². The molecule has 0 aliphatic rings. The molecule has 0 saturated heterocycles. The first-order valence-corrected chi connectivity index (χ1v) is 5.17. The average molecular weight is 600 g/mol. The molecule has 0 aromatic rings. The number of aliphatic carboxylic acids is 1. The van der Waals surface area contributed by atoms with E-state index >= 15 is 0 Å².